The monoisotopic (exact) mass is 289 g/mol. The molecule has 0 saturated carbocycles. The predicted octanol–water partition coefficient (Wildman–Crippen LogP) is 1.26. The first-order chi connectivity index (χ1) is 7.41. The molecule has 0 spiro atoms. The van der Waals surface area contributed by atoms with Gasteiger partial charge in [-0.2, -0.15) is 5.10 Å². The van der Waals surface area contributed by atoms with Crippen LogP contribution in [0.3, 0.4) is 0 Å². The van der Waals surface area contributed by atoms with Crippen molar-refractivity contribution in [3.8, 4) is 0 Å². The van der Waals surface area contributed by atoms with Gasteiger partial charge < -0.3 is 10.4 Å². The Bertz CT molecular complexity index is 360. The van der Waals surface area contributed by atoms with E-state index in [4.69, 9.17) is 0 Å². The number of nitrogens with zero attached hydrogens (tertiary/aromatic N) is 2. The Balaban J connectivity index is 2.92. The third-order valence-corrected chi connectivity index (χ3v) is 3.52. The zero-order chi connectivity index (χ0) is 12.3. The Kier molecular flexibility index (Phi) is 4.52. The lowest BCUT2D eigenvalue weighted by atomic mass is 10.00. The molecule has 0 amide bonds. The SMILES string of the molecule is CCc1nn(C)c(CC(C)(O)CNC)c1Br. The van der Waals surface area contributed by atoms with Crippen LogP contribution in [0.2, 0.25) is 0 Å². The van der Waals surface area contributed by atoms with E-state index in [2.05, 4.69) is 33.3 Å². The van der Waals surface area contributed by atoms with Crippen LogP contribution in [0.15, 0.2) is 4.47 Å². The van der Waals surface area contributed by atoms with E-state index >= 15 is 0 Å². The summed E-state index contributed by atoms with van der Waals surface area (Å²) in [7, 11) is 3.75. The van der Waals surface area contributed by atoms with Gasteiger partial charge in [0.15, 0.2) is 0 Å². The standard InChI is InChI=1S/C11H20BrN3O/c1-5-8-10(12)9(15(4)14-8)6-11(2,16)7-13-3/h13,16H,5-7H2,1-4H3. The second-order valence-electron chi connectivity index (χ2n) is 4.39. The molecule has 2 N–H and O–H groups in total. The van der Waals surface area contributed by atoms with Crippen molar-refractivity contribution >= 4 is 15.9 Å². The summed E-state index contributed by atoms with van der Waals surface area (Å²) in [5.41, 5.74) is 1.32. The van der Waals surface area contributed by atoms with Gasteiger partial charge in [-0.1, -0.05) is 6.92 Å². The number of hydrogen-bond donors (Lipinski definition) is 2. The zero-order valence-corrected chi connectivity index (χ0v) is 11.9. The first kappa shape index (κ1) is 13.7. The molecule has 1 unspecified atom stereocenters. The van der Waals surface area contributed by atoms with E-state index in [0.29, 0.717) is 13.0 Å². The maximum absolute atomic E-state index is 10.2. The van der Waals surface area contributed by atoms with Gasteiger partial charge in [-0.15, -0.1) is 0 Å². The Morgan fingerprint density at radius 1 is 1.56 bits per heavy atom. The molecule has 1 aromatic heterocycles. The minimum atomic E-state index is -0.754. The van der Waals surface area contributed by atoms with Crippen molar-refractivity contribution < 1.29 is 5.11 Å². The fraction of sp³-hybridized carbons (Fsp3) is 0.727. The Morgan fingerprint density at radius 2 is 2.19 bits per heavy atom. The van der Waals surface area contributed by atoms with Crippen molar-refractivity contribution in [2.45, 2.75) is 32.3 Å². The zero-order valence-electron chi connectivity index (χ0n) is 10.3. The highest BCUT2D eigenvalue weighted by atomic mass is 79.9. The summed E-state index contributed by atoms with van der Waals surface area (Å²) >= 11 is 3.55. The largest absolute Gasteiger partial charge is 0.388 e. The van der Waals surface area contributed by atoms with E-state index in [1.165, 1.54) is 0 Å². The van der Waals surface area contributed by atoms with E-state index in [1.54, 1.807) is 0 Å². The van der Waals surface area contributed by atoms with Crippen molar-refractivity contribution in [3.05, 3.63) is 15.9 Å². The molecule has 0 aromatic carbocycles. The number of aryl methyl sites for hydroxylation is 2. The Morgan fingerprint density at radius 3 is 2.62 bits per heavy atom. The maximum Gasteiger partial charge on any atom is 0.0798 e. The van der Waals surface area contributed by atoms with Crippen LogP contribution in [0.25, 0.3) is 0 Å². The lowest BCUT2D eigenvalue weighted by molar-refractivity contribution is 0.0601. The predicted molar refractivity (Wildman–Crippen MR) is 68.5 cm³/mol. The third-order valence-electron chi connectivity index (χ3n) is 2.61. The highest BCUT2D eigenvalue weighted by Crippen LogP contribution is 2.25. The van der Waals surface area contributed by atoms with Crippen LogP contribution >= 0.6 is 15.9 Å². The second kappa shape index (κ2) is 5.29. The number of rotatable bonds is 5. The van der Waals surface area contributed by atoms with E-state index in [1.807, 2.05) is 25.7 Å². The Labute approximate surface area is 105 Å². The van der Waals surface area contributed by atoms with Crippen LogP contribution < -0.4 is 5.32 Å². The summed E-state index contributed by atoms with van der Waals surface area (Å²) in [6.07, 6.45) is 1.47. The maximum atomic E-state index is 10.2. The lowest BCUT2D eigenvalue weighted by Crippen LogP contribution is -2.38. The molecule has 1 atom stereocenters. The molecule has 4 nitrogen and oxygen atoms in total. The van der Waals surface area contributed by atoms with Gasteiger partial charge in [0, 0.05) is 20.0 Å². The molecule has 0 fully saturated rings. The normalized spacial score (nSPS) is 15.1. The van der Waals surface area contributed by atoms with Crippen LogP contribution in [0, 0.1) is 0 Å². The van der Waals surface area contributed by atoms with Gasteiger partial charge in [-0.3, -0.25) is 4.68 Å². The van der Waals surface area contributed by atoms with E-state index < -0.39 is 5.60 Å². The topological polar surface area (TPSA) is 50.1 Å². The molecule has 92 valence electrons. The molecule has 1 rings (SSSR count). The van der Waals surface area contributed by atoms with Gasteiger partial charge >= 0.3 is 0 Å². The molecule has 16 heavy (non-hydrogen) atoms. The quantitative estimate of drug-likeness (QED) is 0.858. The van der Waals surface area contributed by atoms with E-state index in [9.17, 15) is 5.11 Å². The minimum absolute atomic E-state index is 0.562. The molecular weight excluding hydrogens is 270 g/mol. The van der Waals surface area contributed by atoms with Crippen molar-refractivity contribution in [1.29, 1.82) is 0 Å². The molecule has 0 radical (unpaired) electrons. The van der Waals surface area contributed by atoms with Crippen LogP contribution in [0.4, 0.5) is 0 Å². The molecular formula is C11H20BrN3O. The van der Waals surface area contributed by atoms with Crippen molar-refractivity contribution in [2.24, 2.45) is 7.05 Å². The first-order valence-electron chi connectivity index (χ1n) is 5.48. The molecule has 0 aliphatic heterocycles. The van der Waals surface area contributed by atoms with E-state index in [-0.39, 0.29) is 0 Å². The molecule has 5 heteroatoms. The molecule has 0 aliphatic rings. The molecule has 0 aliphatic carbocycles. The van der Waals surface area contributed by atoms with Gasteiger partial charge in [0.05, 0.1) is 21.5 Å². The number of likely N-dealkylation sites (N-methyl/N-ethyl adjacent to an activating group) is 1. The summed E-state index contributed by atoms with van der Waals surface area (Å²) in [6, 6.07) is 0. The van der Waals surface area contributed by atoms with Gasteiger partial charge in [-0.05, 0) is 36.3 Å². The molecule has 0 saturated heterocycles. The number of halogens is 1. The highest BCUT2D eigenvalue weighted by molar-refractivity contribution is 9.10. The van der Waals surface area contributed by atoms with Gasteiger partial charge in [0.2, 0.25) is 0 Å². The van der Waals surface area contributed by atoms with Crippen molar-refractivity contribution in [1.82, 2.24) is 15.1 Å². The smallest absolute Gasteiger partial charge is 0.0798 e. The number of nitrogens with one attached hydrogen (secondary N) is 1. The summed E-state index contributed by atoms with van der Waals surface area (Å²) in [4.78, 5) is 0. The van der Waals surface area contributed by atoms with Crippen LogP contribution in [-0.4, -0.2) is 34.1 Å². The minimum Gasteiger partial charge on any atom is -0.388 e. The van der Waals surface area contributed by atoms with Crippen molar-refractivity contribution in [3.63, 3.8) is 0 Å². The van der Waals surface area contributed by atoms with Crippen LogP contribution in [0.1, 0.15) is 25.2 Å². The molecule has 1 aromatic rings. The average Bonchev–Trinajstić information content (AvgIpc) is 2.45. The Hall–Kier alpha value is -0.390. The van der Waals surface area contributed by atoms with Crippen LogP contribution in [-0.2, 0) is 19.9 Å². The summed E-state index contributed by atoms with van der Waals surface area (Å²) < 4.78 is 2.86. The van der Waals surface area contributed by atoms with Gasteiger partial charge in [0.1, 0.15) is 0 Å². The fourth-order valence-electron chi connectivity index (χ4n) is 1.82. The number of hydrogen-bond acceptors (Lipinski definition) is 3. The average molecular weight is 290 g/mol. The number of aliphatic hydroxyl groups is 1. The van der Waals surface area contributed by atoms with E-state index in [0.717, 1.165) is 22.3 Å². The number of aromatic nitrogens is 2. The summed E-state index contributed by atoms with van der Waals surface area (Å²) in [5, 5.41) is 17.6. The van der Waals surface area contributed by atoms with Crippen LogP contribution in [0.5, 0.6) is 0 Å². The molecule has 0 bridgehead atoms. The lowest BCUT2D eigenvalue weighted by Gasteiger charge is -2.23. The summed E-state index contributed by atoms with van der Waals surface area (Å²) in [5.74, 6) is 0. The third kappa shape index (κ3) is 3.06. The molecule has 1 heterocycles. The van der Waals surface area contributed by atoms with Crippen molar-refractivity contribution in [2.75, 3.05) is 13.6 Å². The van der Waals surface area contributed by atoms with Gasteiger partial charge in [0.25, 0.3) is 0 Å². The fourth-order valence-corrected chi connectivity index (χ4v) is 2.57. The highest BCUT2D eigenvalue weighted by Gasteiger charge is 2.24. The second-order valence-corrected chi connectivity index (χ2v) is 5.18. The first-order valence-corrected chi connectivity index (χ1v) is 6.27. The summed E-state index contributed by atoms with van der Waals surface area (Å²) in [6.45, 7) is 4.46. The van der Waals surface area contributed by atoms with Gasteiger partial charge in [-0.25, -0.2) is 0 Å².